The lowest BCUT2D eigenvalue weighted by Gasteiger charge is -2.12. The Morgan fingerprint density at radius 3 is 2.57 bits per heavy atom. The predicted molar refractivity (Wildman–Crippen MR) is 87.4 cm³/mol. The van der Waals surface area contributed by atoms with Gasteiger partial charge in [0.05, 0.1) is 18.0 Å². The zero-order chi connectivity index (χ0) is 15.6. The molecule has 2 N–H and O–H groups in total. The molecule has 1 aromatic carbocycles. The molecule has 0 bridgehead atoms. The quantitative estimate of drug-likeness (QED) is 0.616. The van der Waals surface area contributed by atoms with E-state index in [9.17, 15) is 8.42 Å². The first-order chi connectivity index (χ1) is 10.1. The van der Waals surface area contributed by atoms with E-state index in [4.69, 9.17) is 4.74 Å². The second-order valence-electron chi connectivity index (χ2n) is 4.81. The second-order valence-corrected chi connectivity index (χ2v) is 6.65. The molecule has 0 unspecified atom stereocenters. The Morgan fingerprint density at radius 2 is 1.86 bits per heavy atom. The Bertz CT molecular complexity index is 503. The highest BCUT2D eigenvalue weighted by molar-refractivity contribution is 7.92. The maximum Gasteiger partial charge on any atom is 0.232 e. The minimum atomic E-state index is -3.33. The number of rotatable bonds is 11. The standard InChI is InChI=1S/C15H26N2O3S/c1-3-11-16-12-7-8-13-21(18,19)17-14-9-5-6-10-15(14)20-4-2/h5-6,9-10,16-17H,3-4,7-8,11-13H2,1-2H3. The Hall–Kier alpha value is -1.27. The van der Waals surface area contributed by atoms with Gasteiger partial charge in [-0.25, -0.2) is 8.42 Å². The van der Waals surface area contributed by atoms with E-state index in [1.54, 1.807) is 18.2 Å². The molecule has 0 atom stereocenters. The van der Waals surface area contributed by atoms with Crippen molar-refractivity contribution in [2.75, 3.05) is 30.2 Å². The number of benzene rings is 1. The molecule has 0 spiro atoms. The van der Waals surface area contributed by atoms with Crippen molar-refractivity contribution in [3.8, 4) is 5.75 Å². The SMILES string of the molecule is CCCNCCCCS(=O)(=O)Nc1ccccc1OCC. The predicted octanol–water partition coefficient (Wildman–Crippen LogP) is 2.61. The summed E-state index contributed by atoms with van der Waals surface area (Å²) in [6.07, 6.45) is 2.59. The van der Waals surface area contributed by atoms with Crippen molar-refractivity contribution in [3.05, 3.63) is 24.3 Å². The summed E-state index contributed by atoms with van der Waals surface area (Å²) in [5.41, 5.74) is 0.503. The van der Waals surface area contributed by atoms with Crippen LogP contribution >= 0.6 is 0 Å². The zero-order valence-corrected chi connectivity index (χ0v) is 13.7. The van der Waals surface area contributed by atoms with Crippen LogP contribution in [0.2, 0.25) is 0 Å². The van der Waals surface area contributed by atoms with Crippen LogP contribution in [0.15, 0.2) is 24.3 Å². The van der Waals surface area contributed by atoms with Crippen LogP contribution in [0, 0.1) is 0 Å². The van der Waals surface area contributed by atoms with E-state index in [2.05, 4.69) is 17.0 Å². The Labute approximate surface area is 128 Å². The van der Waals surface area contributed by atoms with Gasteiger partial charge in [-0.1, -0.05) is 19.1 Å². The minimum Gasteiger partial charge on any atom is -0.492 e. The molecule has 0 aliphatic rings. The summed E-state index contributed by atoms with van der Waals surface area (Å²) >= 11 is 0. The number of para-hydroxylation sites is 2. The van der Waals surface area contributed by atoms with E-state index >= 15 is 0 Å². The molecule has 0 radical (unpaired) electrons. The van der Waals surface area contributed by atoms with Crippen molar-refractivity contribution in [3.63, 3.8) is 0 Å². The van der Waals surface area contributed by atoms with Gasteiger partial charge < -0.3 is 10.1 Å². The second kappa shape index (κ2) is 9.63. The summed E-state index contributed by atoms with van der Waals surface area (Å²) in [5.74, 6) is 0.689. The van der Waals surface area contributed by atoms with Crippen molar-refractivity contribution in [2.45, 2.75) is 33.1 Å². The molecular formula is C15H26N2O3S. The minimum absolute atomic E-state index is 0.126. The highest BCUT2D eigenvalue weighted by Gasteiger charge is 2.12. The summed E-state index contributed by atoms with van der Waals surface area (Å²) in [6, 6.07) is 7.08. The molecular weight excluding hydrogens is 288 g/mol. The molecule has 6 heteroatoms. The first-order valence-corrected chi connectivity index (χ1v) is 9.17. The lowest BCUT2D eigenvalue weighted by Crippen LogP contribution is -2.20. The van der Waals surface area contributed by atoms with Crippen LogP contribution in [0.4, 0.5) is 5.69 Å². The van der Waals surface area contributed by atoms with Gasteiger partial charge in [0, 0.05) is 0 Å². The van der Waals surface area contributed by atoms with Crippen molar-refractivity contribution in [1.29, 1.82) is 0 Å². The number of ether oxygens (including phenoxy) is 1. The fourth-order valence-electron chi connectivity index (χ4n) is 1.89. The Balaban J connectivity index is 2.45. The number of nitrogens with one attached hydrogen (secondary N) is 2. The van der Waals surface area contributed by atoms with Crippen LogP contribution in [0.25, 0.3) is 0 Å². The van der Waals surface area contributed by atoms with E-state index in [1.165, 1.54) is 0 Å². The molecule has 0 aliphatic heterocycles. The van der Waals surface area contributed by atoms with Crippen molar-refractivity contribution in [2.24, 2.45) is 0 Å². The molecule has 0 saturated heterocycles. The van der Waals surface area contributed by atoms with Crippen molar-refractivity contribution >= 4 is 15.7 Å². The number of unbranched alkanes of at least 4 members (excludes halogenated alkanes) is 1. The highest BCUT2D eigenvalue weighted by atomic mass is 32.2. The summed E-state index contributed by atoms with van der Waals surface area (Å²) in [4.78, 5) is 0. The molecule has 21 heavy (non-hydrogen) atoms. The van der Waals surface area contributed by atoms with E-state index in [-0.39, 0.29) is 5.75 Å². The van der Waals surface area contributed by atoms with Crippen LogP contribution in [-0.2, 0) is 10.0 Å². The summed E-state index contributed by atoms with van der Waals surface area (Å²) in [5, 5.41) is 3.26. The van der Waals surface area contributed by atoms with Gasteiger partial charge in [0.15, 0.2) is 0 Å². The average molecular weight is 314 g/mol. The van der Waals surface area contributed by atoms with Gasteiger partial charge >= 0.3 is 0 Å². The smallest absolute Gasteiger partial charge is 0.232 e. The van der Waals surface area contributed by atoms with Gasteiger partial charge in [0.25, 0.3) is 0 Å². The van der Waals surface area contributed by atoms with E-state index in [0.29, 0.717) is 24.5 Å². The molecule has 5 nitrogen and oxygen atoms in total. The average Bonchev–Trinajstić information content (AvgIpc) is 2.45. The van der Waals surface area contributed by atoms with Crippen molar-refractivity contribution < 1.29 is 13.2 Å². The van der Waals surface area contributed by atoms with Gasteiger partial charge in [0.1, 0.15) is 5.75 Å². The van der Waals surface area contributed by atoms with Gasteiger partial charge in [-0.3, -0.25) is 4.72 Å². The van der Waals surface area contributed by atoms with Gasteiger partial charge in [0.2, 0.25) is 10.0 Å². The van der Waals surface area contributed by atoms with Gasteiger partial charge in [-0.15, -0.1) is 0 Å². The van der Waals surface area contributed by atoms with Crippen LogP contribution in [0.1, 0.15) is 33.1 Å². The molecule has 1 aromatic rings. The normalized spacial score (nSPS) is 11.3. The van der Waals surface area contributed by atoms with E-state index in [1.807, 2.05) is 13.0 Å². The lowest BCUT2D eigenvalue weighted by atomic mass is 10.3. The molecule has 0 aliphatic carbocycles. The number of anilines is 1. The highest BCUT2D eigenvalue weighted by Crippen LogP contribution is 2.24. The number of hydrogen-bond acceptors (Lipinski definition) is 4. The maximum absolute atomic E-state index is 12.1. The van der Waals surface area contributed by atoms with Crippen molar-refractivity contribution in [1.82, 2.24) is 5.32 Å². The molecule has 1 rings (SSSR count). The third-order valence-corrected chi connectivity index (χ3v) is 4.25. The first kappa shape index (κ1) is 17.8. The van der Waals surface area contributed by atoms with Crippen LogP contribution in [0.3, 0.4) is 0 Å². The monoisotopic (exact) mass is 314 g/mol. The first-order valence-electron chi connectivity index (χ1n) is 7.52. The largest absolute Gasteiger partial charge is 0.492 e. The molecule has 0 amide bonds. The number of sulfonamides is 1. The molecule has 0 heterocycles. The Kier molecular flexibility index (Phi) is 8.15. The fraction of sp³-hybridized carbons (Fsp3) is 0.600. The summed E-state index contributed by atoms with van der Waals surface area (Å²) in [6.45, 7) is 6.32. The van der Waals surface area contributed by atoms with Gasteiger partial charge in [-0.2, -0.15) is 0 Å². The van der Waals surface area contributed by atoms with Gasteiger partial charge in [-0.05, 0) is 51.4 Å². The van der Waals surface area contributed by atoms with Crippen LogP contribution < -0.4 is 14.8 Å². The zero-order valence-electron chi connectivity index (χ0n) is 12.9. The lowest BCUT2D eigenvalue weighted by molar-refractivity contribution is 0.342. The van der Waals surface area contributed by atoms with E-state index in [0.717, 1.165) is 25.9 Å². The van der Waals surface area contributed by atoms with Crippen LogP contribution in [0.5, 0.6) is 5.75 Å². The number of hydrogen-bond donors (Lipinski definition) is 2. The fourth-order valence-corrected chi connectivity index (χ4v) is 3.08. The molecule has 120 valence electrons. The third kappa shape index (κ3) is 7.34. The third-order valence-electron chi connectivity index (χ3n) is 2.90. The van der Waals surface area contributed by atoms with Crippen LogP contribution in [-0.4, -0.2) is 33.9 Å². The summed E-state index contributed by atoms with van der Waals surface area (Å²) in [7, 11) is -3.33. The maximum atomic E-state index is 12.1. The topological polar surface area (TPSA) is 67.4 Å². The molecule has 0 saturated carbocycles. The summed E-state index contributed by atoms with van der Waals surface area (Å²) < 4.78 is 32.1. The molecule has 0 aromatic heterocycles. The van der Waals surface area contributed by atoms with E-state index < -0.39 is 10.0 Å². The molecule has 0 fully saturated rings. The Morgan fingerprint density at radius 1 is 1.10 bits per heavy atom.